The van der Waals surface area contributed by atoms with Crippen molar-refractivity contribution in [1.82, 2.24) is 5.32 Å². The van der Waals surface area contributed by atoms with E-state index in [1.54, 1.807) is 7.11 Å². The molecule has 0 aliphatic carbocycles. The lowest BCUT2D eigenvalue weighted by Crippen LogP contribution is -2.16. The lowest BCUT2D eigenvalue weighted by molar-refractivity contribution is 0.167. The molecule has 0 aromatic heterocycles. The molecule has 0 aliphatic rings. The van der Waals surface area contributed by atoms with E-state index in [4.69, 9.17) is 4.74 Å². The maximum atomic E-state index is 9.85. The molecule has 74 valence electrons. The van der Waals surface area contributed by atoms with E-state index in [9.17, 15) is 4.79 Å². The van der Waals surface area contributed by atoms with Crippen molar-refractivity contribution >= 4 is 6.09 Å². The summed E-state index contributed by atoms with van der Waals surface area (Å²) in [6.45, 7) is 5.13. The molecule has 12 heavy (non-hydrogen) atoms. The van der Waals surface area contributed by atoms with Gasteiger partial charge in [-0.3, -0.25) is 0 Å². The summed E-state index contributed by atoms with van der Waals surface area (Å²) in [5.74, 6) is 0.676. The van der Waals surface area contributed by atoms with Crippen molar-refractivity contribution in [2.45, 2.75) is 13.8 Å². The molecule has 0 atom stereocenters. The molecule has 0 aliphatic heterocycles. The fourth-order valence-corrected chi connectivity index (χ4v) is 0.435. The third-order valence-electron chi connectivity index (χ3n) is 0.890. The molecule has 4 heteroatoms. The molecule has 0 aromatic carbocycles. The first-order valence-corrected chi connectivity index (χ1v) is 3.83. The molecule has 0 aromatic rings. The number of ether oxygens (including phenoxy) is 2. The van der Waals surface area contributed by atoms with Gasteiger partial charge in [-0.1, -0.05) is 13.8 Å². The molecule has 0 heterocycles. The topological polar surface area (TPSA) is 47.6 Å². The fraction of sp³-hybridized carbons (Fsp3) is 0.875. The summed E-state index contributed by atoms with van der Waals surface area (Å²) >= 11 is 0. The number of rotatable bonds is 2. The van der Waals surface area contributed by atoms with Crippen LogP contribution in [0, 0.1) is 5.92 Å². The van der Waals surface area contributed by atoms with Crippen LogP contribution in [0.5, 0.6) is 0 Å². The molecule has 4 nitrogen and oxygen atoms in total. The van der Waals surface area contributed by atoms with Crippen LogP contribution in [0.4, 0.5) is 4.79 Å². The van der Waals surface area contributed by atoms with Crippen molar-refractivity contribution in [3.63, 3.8) is 0 Å². The van der Waals surface area contributed by atoms with E-state index < -0.39 is 6.09 Å². The summed E-state index contributed by atoms with van der Waals surface area (Å²) in [4.78, 5) is 9.85. The zero-order valence-corrected chi connectivity index (χ0v) is 8.51. The van der Waals surface area contributed by atoms with Gasteiger partial charge in [-0.15, -0.1) is 0 Å². The number of carbonyl (C=O) groups excluding carboxylic acids is 1. The van der Waals surface area contributed by atoms with Crippen LogP contribution in [0.3, 0.4) is 0 Å². The number of hydrogen-bond donors (Lipinski definition) is 1. The molecule has 0 spiro atoms. The van der Waals surface area contributed by atoms with E-state index >= 15 is 0 Å². The minimum atomic E-state index is -0.407. The molecule has 0 bridgehead atoms. The molecule has 0 saturated carbocycles. The van der Waals surface area contributed by atoms with E-state index in [0.717, 1.165) is 6.61 Å². The van der Waals surface area contributed by atoms with Gasteiger partial charge in [0.15, 0.2) is 0 Å². The van der Waals surface area contributed by atoms with Gasteiger partial charge in [-0.2, -0.15) is 0 Å². The van der Waals surface area contributed by atoms with E-state index in [2.05, 4.69) is 23.9 Å². The van der Waals surface area contributed by atoms with Crippen LogP contribution in [0.15, 0.2) is 0 Å². The Morgan fingerprint density at radius 1 is 1.42 bits per heavy atom. The molecular formula is C8H19NO3. The average molecular weight is 177 g/mol. The van der Waals surface area contributed by atoms with Crippen molar-refractivity contribution in [2.24, 2.45) is 5.92 Å². The minimum Gasteiger partial charge on any atom is -0.453 e. The minimum absolute atomic E-state index is 0.407. The van der Waals surface area contributed by atoms with Crippen molar-refractivity contribution in [3.05, 3.63) is 0 Å². The van der Waals surface area contributed by atoms with E-state index in [0.29, 0.717) is 5.92 Å². The van der Waals surface area contributed by atoms with E-state index in [1.165, 1.54) is 14.2 Å². The van der Waals surface area contributed by atoms with Crippen LogP contribution in [0.25, 0.3) is 0 Å². The highest BCUT2D eigenvalue weighted by molar-refractivity contribution is 5.66. The highest BCUT2D eigenvalue weighted by atomic mass is 16.5. The number of hydrogen-bond acceptors (Lipinski definition) is 3. The summed E-state index contributed by atoms with van der Waals surface area (Å²) in [5.41, 5.74) is 0. The molecule has 1 N–H and O–H groups in total. The van der Waals surface area contributed by atoms with Crippen molar-refractivity contribution in [3.8, 4) is 0 Å². The van der Waals surface area contributed by atoms with Gasteiger partial charge in [0.25, 0.3) is 0 Å². The first-order valence-electron chi connectivity index (χ1n) is 3.83. The number of nitrogens with one attached hydrogen (secondary N) is 1. The highest BCUT2D eigenvalue weighted by Gasteiger charge is 1.86. The third-order valence-corrected chi connectivity index (χ3v) is 0.890. The second-order valence-corrected chi connectivity index (χ2v) is 2.59. The number of carbonyl (C=O) groups is 1. The van der Waals surface area contributed by atoms with Crippen LogP contribution in [0.2, 0.25) is 0 Å². The first-order chi connectivity index (χ1) is 5.58. The SMILES string of the molecule is CNC(=O)OC.COCC(C)C. The zero-order valence-electron chi connectivity index (χ0n) is 8.51. The summed E-state index contributed by atoms with van der Waals surface area (Å²) in [7, 11) is 4.55. The zero-order chi connectivity index (χ0) is 9.98. The Morgan fingerprint density at radius 3 is 1.92 bits per heavy atom. The number of alkyl carbamates (subject to hydrolysis) is 1. The molecule has 1 amide bonds. The van der Waals surface area contributed by atoms with Gasteiger partial charge in [0, 0.05) is 20.8 Å². The van der Waals surface area contributed by atoms with Gasteiger partial charge in [-0.25, -0.2) is 4.79 Å². The Bertz CT molecular complexity index is 98.5. The fourth-order valence-electron chi connectivity index (χ4n) is 0.435. The second-order valence-electron chi connectivity index (χ2n) is 2.59. The van der Waals surface area contributed by atoms with Gasteiger partial charge >= 0.3 is 6.09 Å². The summed E-state index contributed by atoms with van der Waals surface area (Å²) < 4.78 is 8.95. The maximum Gasteiger partial charge on any atom is 0.406 e. The Labute approximate surface area is 74.2 Å². The molecule has 0 radical (unpaired) electrons. The predicted molar refractivity (Wildman–Crippen MR) is 48.2 cm³/mol. The summed E-state index contributed by atoms with van der Waals surface area (Å²) in [6.07, 6.45) is -0.407. The molecule has 0 fully saturated rings. The highest BCUT2D eigenvalue weighted by Crippen LogP contribution is 1.88. The van der Waals surface area contributed by atoms with Gasteiger partial charge in [-0.05, 0) is 5.92 Å². The predicted octanol–water partition coefficient (Wildman–Crippen LogP) is 1.26. The summed E-state index contributed by atoms with van der Waals surface area (Å²) in [5, 5.41) is 2.25. The molecular weight excluding hydrogens is 158 g/mol. The lowest BCUT2D eigenvalue weighted by Gasteiger charge is -1.97. The van der Waals surface area contributed by atoms with Crippen LogP contribution >= 0.6 is 0 Å². The Morgan fingerprint density at radius 2 is 1.92 bits per heavy atom. The van der Waals surface area contributed by atoms with E-state index in [1.807, 2.05) is 0 Å². The normalized spacial score (nSPS) is 8.50. The van der Waals surface area contributed by atoms with Gasteiger partial charge in [0.05, 0.1) is 7.11 Å². The van der Waals surface area contributed by atoms with Crippen molar-refractivity contribution in [1.29, 1.82) is 0 Å². The van der Waals surface area contributed by atoms with Crippen LogP contribution < -0.4 is 5.32 Å². The van der Waals surface area contributed by atoms with Crippen LogP contribution in [0.1, 0.15) is 13.8 Å². The van der Waals surface area contributed by atoms with Crippen LogP contribution in [-0.2, 0) is 9.47 Å². The number of methoxy groups -OCH3 is 2. The van der Waals surface area contributed by atoms with Crippen molar-refractivity contribution < 1.29 is 14.3 Å². The Hall–Kier alpha value is -0.770. The molecule has 0 saturated heterocycles. The van der Waals surface area contributed by atoms with Gasteiger partial charge in [0.2, 0.25) is 0 Å². The quantitative estimate of drug-likeness (QED) is 0.690. The molecule has 0 rings (SSSR count). The average Bonchev–Trinajstić information content (AvgIpc) is 2.04. The number of amides is 1. The smallest absolute Gasteiger partial charge is 0.406 e. The molecule has 0 unspecified atom stereocenters. The maximum absolute atomic E-state index is 9.85. The Balaban J connectivity index is 0. The van der Waals surface area contributed by atoms with Gasteiger partial charge in [0.1, 0.15) is 0 Å². The monoisotopic (exact) mass is 177 g/mol. The van der Waals surface area contributed by atoms with Crippen molar-refractivity contribution in [2.75, 3.05) is 27.9 Å². The lowest BCUT2D eigenvalue weighted by atomic mass is 10.2. The largest absolute Gasteiger partial charge is 0.453 e. The first kappa shape index (κ1) is 13.8. The van der Waals surface area contributed by atoms with E-state index in [-0.39, 0.29) is 0 Å². The standard InChI is InChI=1S/C5H12O.C3H7NO2/c1-5(2)4-6-3;1-4-3(5)6-2/h5H,4H2,1-3H3;1-2H3,(H,4,5). The second kappa shape index (κ2) is 10.2. The summed E-state index contributed by atoms with van der Waals surface area (Å²) in [6, 6.07) is 0. The van der Waals surface area contributed by atoms with Gasteiger partial charge < -0.3 is 14.8 Å². The Kier molecular flexibility index (Phi) is 11.8. The van der Waals surface area contributed by atoms with Crippen LogP contribution in [-0.4, -0.2) is 34.0 Å². The third kappa shape index (κ3) is 16.1.